The molecule has 17 heavy (non-hydrogen) atoms. The Kier molecular flexibility index (Phi) is 4.09. The molecule has 0 atom stereocenters. The number of rotatable bonds is 6. The number of carbonyl (C=O) groups excluding carboxylic acids is 1. The molecule has 1 aliphatic carbocycles. The third-order valence-corrected chi connectivity index (χ3v) is 2.96. The Balaban J connectivity index is 1.59. The summed E-state index contributed by atoms with van der Waals surface area (Å²) in [6, 6.07) is 3.99. The lowest BCUT2D eigenvalue weighted by atomic mass is 10.2. The molecule has 92 valence electrons. The van der Waals surface area contributed by atoms with Crippen LogP contribution in [-0.4, -0.2) is 24.0 Å². The van der Waals surface area contributed by atoms with E-state index in [4.69, 9.17) is 0 Å². The van der Waals surface area contributed by atoms with E-state index in [2.05, 4.69) is 28.6 Å². The number of aryl methyl sites for hydroxylation is 1. The van der Waals surface area contributed by atoms with E-state index in [1.807, 2.05) is 6.07 Å². The highest BCUT2D eigenvalue weighted by atomic mass is 16.2. The lowest BCUT2D eigenvalue weighted by Crippen LogP contribution is -2.32. The molecule has 0 bridgehead atoms. The predicted molar refractivity (Wildman–Crippen MR) is 66.4 cm³/mol. The third kappa shape index (κ3) is 3.82. The van der Waals surface area contributed by atoms with Gasteiger partial charge in [-0.2, -0.15) is 0 Å². The number of hydrogen-bond donors (Lipinski definition) is 2. The summed E-state index contributed by atoms with van der Waals surface area (Å²) in [4.78, 5) is 15.6. The highest BCUT2D eigenvalue weighted by molar-refractivity contribution is 5.80. The molecule has 4 heteroatoms. The van der Waals surface area contributed by atoms with Gasteiger partial charge in [-0.3, -0.25) is 9.78 Å². The van der Waals surface area contributed by atoms with Crippen molar-refractivity contribution in [2.45, 2.75) is 26.3 Å². The van der Waals surface area contributed by atoms with Crippen molar-refractivity contribution in [3.8, 4) is 0 Å². The molecule has 1 aromatic heterocycles. The molecule has 1 amide bonds. The molecule has 1 aromatic rings. The van der Waals surface area contributed by atoms with Crippen LogP contribution in [0.4, 0.5) is 0 Å². The van der Waals surface area contributed by atoms with Gasteiger partial charge in [0.25, 0.3) is 0 Å². The van der Waals surface area contributed by atoms with Crippen LogP contribution in [0.15, 0.2) is 18.3 Å². The maximum atomic E-state index is 11.3. The lowest BCUT2D eigenvalue weighted by Gasteiger charge is -2.07. The molecule has 1 heterocycles. The standard InChI is InChI=1S/C13H19N3O/c1-10-3-2-6-15-12(10)9-14-7-8-16-13(17)11-4-5-11/h2-3,6,11,14H,4-5,7-9H2,1H3,(H,16,17). The summed E-state index contributed by atoms with van der Waals surface area (Å²) in [6.07, 6.45) is 3.93. The molecule has 0 spiro atoms. The van der Waals surface area contributed by atoms with Gasteiger partial charge in [0, 0.05) is 31.7 Å². The van der Waals surface area contributed by atoms with Crippen LogP contribution < -0.4 is 10.6 Å². The summed E-state index contributed by atoms with van der Waals surface area (Å²) >= 11 is 0. The van der Waals surface area contributed by atoms with Gasteiger partial charge < -0.3 is 10.6 Å². The second-order valence-electron chi connectivity index (χ2n) is 4.51. The Morgan fingerprint density at radius 3 is 3.00 bits per heavy atom. The topological polar surface area (TPSA) is 54.0 Å². The smallest absolute Gasteiger partial charge is 0.223 e. The minimum atomic E-state index is 0.209. The summed E-state index contributed by atoms with van der Waals surface area (Å²) in [5.41, 5.74) is 2.27. The zero-order valence-corrected chi connectivity index (χ0v) is 10.2. The number of amides is 1. The Bertz CT molecular complexity index is 388. The lowest BCUT2D eigenvalue weighted by molar-refractivity contribution is -0.122. The van der Waals surface area contributed by atoms with Crippen LogP contribution in [0, 0.1) is 12.8 Å². The van der Waals surface area contributed by atoms with Crippen molar-refractivity contribution in [2.24, 2.45) is 5.92 Å². The molecule has 0 radical (unpaired) electrons. The fourth-order valence-electron chi connectivity index (χ4n) is 1.67. The predicted octanol–water partition coefficient (Wildman–Crippen LogP) is 1.01. The van der Waals surface area contributed by atoms with E-state index in [1.54, 1.807) is 6.20 Å². The Labute approximate surface area is 102 Å². The number of hydrogen-bond acceptors (Lipinski definition) is 3. The van der Waals surface area contributed by atoms with Crippen molar-refractivity contribution in [1.82, 2.24) is 15.6 Å². The highest BCUT2D eigenvalue weighted by Crippen LogP contribution is 2.28. The Morgan fingerprint density at radius 1 is 1.47 bits per heavy atom. The van der Waals surface area contributed by atoms with E-state index in [0.29, 0.717) is 12.5 Å². The van der Waals surface area contributed by atoms with Gasteiger partial charge >= 0.3 is 0 Å². The van der Waals surface area contributed by atoms with Crippen LogP contribution in [0.25, 0.3) is 0 Å². The molecule has 1 saturated carbocycles. The van der Waals surface area contributed by atoms with Gasteiger partial charge in [-0.25, -0.2) is 0 Å². The first-order valence-corrected chi connectivity index (χ1v) is 6.16. The van der Waals surface area contributed by atoms with Crippen LogP contribution in [0.2, 0.25) is 0 Å². The van der Waals surface area contributed by atoms with E-state index >= 15 is 0 Å². The first-order valence-electron chi connectivity index (χ1n) is 6.16. The van der Waals surface area contributed by atoms with Gasteiger partial charge in [-0.15, -0.1) is 0 Å². The van der Waals surface area contributed by atoms with Crippen LogP contribution in [0.3, 0.4) is 0 Å². The summed E-state index contributed by atoms with van der Waals surface area (Å²) in [5, 5.41) is 6.20. The molecule has 0 aliphatic heterocycles. The van der Waals surface area contributed by atoms with Crippen molar-refractivity contribution in [2.75, 3.05) is 13.1 Å². The molecular weight excluding hydrogens is 214 g/mol. The van der Waals surface area contributed by atoms with Gasteiger partial charge in [0.15, 0.2) is 0 Å². The van der Waals surface area contributed by atoms with Crippen LogP contribution >= 0.6 is 0 Å². The quantitative estimate of drug-likeness (QED) is 0.721. The second-order valence-corrected chi connectivity index (χ2v) is 4.51. The normalized spacial score (nSPS) is 14.6. The molecule has 1 aliphatic rings. The molecule has 2 rings (SSSR count). The van der Waals surface area contributed by atoms with Gasteiger partial charge in [0.2, 0.25) is 5.91 Å². The third-order valence-electron chi connectivity index (χ3n) is 2.96. The van der Waals surface area contributed by atoms with E-state index in [-0.39, 0.29) is 5.91 Å². The monoisotopic (exact) mass is 233 g/mol. The fourth-order valence-corrected chi connectivity index (χ4v) is 1.67. The van der Waals surface area contributed by atoms with Crippen molar-refractivity contribution in [1.29, 1.82) is 0 Å². The van der Waals surface area contributed by atoms with Crippen molar-refractivity contribution in [3.05, 3.63) is 29.6 Å². The largest absolute Gasteiger partial charge is 0.355 e. The molecule has 0 saturated heterocycles. The summed E-state index contributed by atoms with van der Waals surface area (Å²) in [6.45, 7) is 4.29. The SMILES string of the molecule is Cc1cccnc1CNCCNC(=O)C1CC1. The van der Waals surface area contributed by atoms with Crippen LogP contribution in [0.5, 0.6) is 0 Å². The summed E-state index contributed by atoms with van der Waals surface area (Å²) < 4.78 is 0. The maximum absolute atomic E-state index is 11.3. The number of nitrogens with one attached hydrogen (secondary N) is 2. The molecule has 4 nitrogen and oxygen atoms in total. The van der Waals surface area contributed by atoms with Gasteiger partial charge in [0.1, 0.15) is 0 Å². The van der Waals surface area contributed by atoms with Gasteiger partial charge in [-0.1, -0.05) is 6.07 Å². The van der Waals surface area contributed by atoms with E-state index in [0.717, 1.165) is 31.6 Å². The average Bonchev–Trinajstić information content (AvgIpc) is 3.14. The zero-order chi connectivity index (χ0) is 12.1. The molecule has 2 N–H and O–H groups in total. The van der Waals surface area contributed by atoms with E-state index < -0.39 is 0 Å². The van der Waals surface area contributed by atoms with Crippen molar-refractivity contribution >= 4 is 5.91 Å². The second kappa shape index (κ2) is 5.77. The molecule has 0 unspecified atom stereocenters. The first kappa shape index (κ1) is 12.0. The van der Waals surface area contributed by atoms with Crippen LogP contribution in [-0.2, 0) is 11.3 Å². The number of carbonyl (C=O) groups is 1. The molecule has 1 fully saturated rings. The Morgan fingerprint density at radius 2 is 2.29 bits per heavy atom. The number of pyridine rings is 1. The number of nitrogens with zero attached hydrogens (tertiary/aromatic N) is 1. The van der Waals surface area contributed by atoms with Gasteiger partial charge in [-0.05, 0) is 31.4 Å². The maximum Gasteiger partial charge on any atom is 0.223 e. The molecular formula is C13H19N3O. The van der Waals surface area contributed by atoms with E-state index in [9.17, 15) is 4.79 Å². The minimum Gasteiger partial charge on any atom is -0.355 e. The van der Waals surface area contributed by atoms with Crippen molar-refractivity contribution < 1.29 is 4.79 Å². The van der Waals surface area contributed by atoms with Crippen LogP contribution in [0.1, 0.15) is 24.1 Å². The fraction of sp³-hybridized carbons (Fsp3) is 0.538. The summed E-state index contributed by atoms with van der Waals surface area (Å²) in [7, 11) is 0. The first-order chi connectivity index (χ1) is 8.27. The van der Waals surface area contributed by atoms with E-state index in [1.165, 1.54) is 5.56 Å². The van der Waals surface area contributed by atoms with Crippen molar-refractivity contribution in [3.63, 3.8) is 0 Å². The average molecular weight is 233 g/mol. The Hall–Kier alpha value is -1.42. The van der Waals surface area contributed by atoms with Gasteiger partial charge in [0.05, 0.1) is 5.69 Å². The molecule has 0 aromatic carbocycles. The zero-order valence-electron chi connectivity index (χ0n) is 10.2. The highest BCUT2D eigenvalue weighted by Gasteiger charge is 2.28. The number of aromatic nitrogens is 1. The minimum absolute atomic E-state index is 0.209. The summed E-state index contributed by atoms with van der Waals surface area (Å²) in [5.74, 6) is 0.508.